The number of β-amino-alcohol motifs (C(OH)–C–C–N with tert-alkyl or cyclic N) is 1. The number of likely N-dealkylation sites (tertiary alicyclic amines) is 1. The van der Waals surface area contributed by atoms with E-state index in [1.54, 1.807) is 11.3 Å². The Morgan fingerprint density at radius 3 is 2.82 bits per heavy atom. The van der Waals surface area contributed by atoms with Crippen molar-refractivity contribution >= 4 is 11.3 Å². The van der Waals surface area contributed by atoms with Crippen molar-refractivity contribution in [1.29, 1.82) is 5.26 Å². The van der Waals surface area contributed by atoms with Gasteiger partial charge in [0.05, 0.1) is 17.8 Å². The van der Waals surface area contributed by atoms with Gasteiger partial charge in [-0.25, -0.2) is 0 Å². The first-order chi connectivity index (χ1) is 16.0. The lowest BCUT2D eigenvalue weighted by Gasteiger charge is -2.36. The zero-order chi connectivity index (χ0) is 22.9. The molecule has 7 nitrogen and oxygen atoms in total. The second-order valence-electron chi connectivity index (χ2n) is 8.92. The number of benzene rings is 2. The molecule has 2 N–H and O–H groups in total. The van der Waals surface area contributed by atoms with Crippen LogP contribution in [0.4, 0.5) is 0 Å². The largest absolute Gasteiger partial charge is 0.490 e. The molecule has 0 saturated carbocycles. The molecule has 1 atom stereocenters. The van der Waals surface area contributed by atoms with Gasteiger partial charge >= 0.3 is 0 Å². The van der Waals surface area contributed by atoms with E-state index in [0.29, 0.717) is 17.4 Å². The van der Waals surface area contributed by atoms with Crippen molar-refractivity contribution in [3.05, 3.63) is 53.1 Å². The van der Waals surface area contributed by atoms with E-state index in [1.165, 1.54) is 11.1 Å². The lowest BCUT2D eigenvalue weighted by atomic mass is 10.0. The number of hydrogen-bond donors (Lipinski definition) is 2. The normalized spacial score (nSPS) is 18.2. The summed E-state index contributed by atoms with van der Waals surface area (Å²) in [4.78, 5) is 2.22. The van der Waals surface area contributed by atoms with E-state index in [9.17, 15) is 10.4 Å². The van der Waals surface area contributed by atoms with Gasteiger partial charge in [0.25, 0.3) is 0 Å². The Bertz CT molecular complexity index is 1200. The van der Waals surface area contributed by atoms with E-state index in [1.807, 2.05) is 32.0 Å². The topological polar surface area (TPSA) is 94.3 Å². The lowest BCUT2D eigenvalue weighted by molar-refractivity contribution is -0.00425. The molecule has 8 heteroatoms. The van der Waals surface area contributed by atoms with E-state index in [-0.39, 0.29) is 12.2 Å². The highest BCUT2D eigenvalue weighted by Crippen LogP contribution is 2.40. The van der Waals surface area contributed by atoms with Crippen LogP contribution in [0.15, 0.2) is 36.4 Å². The van der Waals surface area contributed by atoms with Crippen LogP contribution in [0.3, 0.4) is 0 Å². The predicted molar refractivity (Wildman–Crippen MR) is 128 cm³/mol. The molecule has 3 aromatic rings. The molecule has 1 unspecified atom stereocenters. The van der Waals surface area contributed by atoms with Crippen LogP contribution in [-0.2, 0) is 6.42 Å². The minimum Gasteiger partial charge on any atom is -0.490 e. The lowest BCUT2D eigenvalue weighted by Crippen LogP contribution is -2.54. The highest BCUT2D eigenvalue weighted by atomic mass is 32.1. The quantitative estimate of drug-likeness (QED) is 0.553. The van der Waals surface area contributed by atoms with Crippen LogP contribution < -0.4 is 10.1 Å². The third-order valence-electron chi connectivity index (χ3n) is 6.13. The number of aliphatic hydroxyl groups is 1. The van der Waals surface area contributed by atoms with E-state index in [2.05, 4.69) is 44.7 Å². The molecule has 170 valence electrons. The van der Waals surface area contributed by atoms with Gasteiger partial charge in [0.1, 0.15) is 21.8 Å². The van der Waals surface area contributed by atoms with Gasteiger partial charge in [-0.2, -0.15) is 5.26 Å². The van der Waals surface area contributed by atoms with E-state index in [0.717, 1.165) is 53.7 Å². The summed E-state index contributed by atoms with van der Waals surface area (Å²) in [6, 6.07) is 14.5. The molecule has 1 aliphatic heterocycles. The van der Waals surface area contributed by atoms with Gasteiger partial charge in [-0.3, -0.25) is 10.2 Å². The Labute approximate surface area is 197 Å². The fourth-order valence-corrected chi connectivity index (χ4v) is 5.43. The third-order valence-corrected chi connectivity index (χ3v) is 7.14. The predicted octanol–water partition coefficient (Wildman–Crippen LogP) is 3.74. The fourth-order valence-electron chi connectivity index (χ4n) is 4.53. The highest BCUT2D eigenvalue weighted by Gasteiger charge is 2.29. The fraction of sp³-hybridized carbons (Fsp3) is 0.400. The number of nitriles is 1. The molecule has 2 aromatic carbocycles. The van der Waals surface area contributed by atoms with E-state index >= 15 is 0 Å². The zero-order valence-electron chi connectivity index (χ0n) is 18.8. The van der Waals surface area contributed by atoms with Crippen LogP contribution in [0.5, 0.6) is 5.75 Å². The molecule has 0 bridgehead atoms. The summed E-state index contributed by atoms with van der Waals surface area (Å²) in [6.45, 7) is 6.18. The molecule has 0 spiro atoms. The Morgan fingerprint density at radius 2 is 2.06 bits per heavy atom. The number of aliphatic hydroxyl groups excluding tert-OH is 1. The monoisotopic (exact) mass is 461 g/mol. The van der Waals surface area contributed by atoms with E-state index in [4.69, 9.17) is 4.74 Å². The second-order valence-corrected chi connectivity index (χ2v) is 9.90. The van der Waals surface area contributed by atoms with Gasteiger partial charge in [0.15, 0.2) is 0 Å². The molecule has 0 amide bonds. The number of rotatable bonds is 7. The van der Waals surface area contributed by atoms with Crippen LogP contribution in [0.25, 0.3) is 21.1 Å². The van der Waals surface area contributed by atoms with Gasteiger partial charge in [-0.1, -0.05) is 29.5 Å². The standard InChI is InChI=1S/C25H27N5O2S/c1-15(2)32-23-9-6-16(10-17(23)11-26)24-28-29-25(33-24)21-5-3-4-20-19(21)7-8-22(20)27-14-30-12-18(31)13-30/h3-6,9-10,15,18,22,27,31H,7-8,12-14H2,1-2H3. The van der Waals surface area contributed by atoms with Crippen molar-refractivity contribution in [1.82, 2.24) is 20.4 Å². The summed E-state index contributed by atoms with van der Waals surface area (Å²) in [6.07, 6.45) is 1.88. The minimum absolute atomic E-state index is 0.00655. The molecule has 1 aromatic heterocycles. The molecule has 2 aliphatic rings. The Balaban J connectivity index is 1.36. The van der Waals surface area contributed by atoms with Crippen molar-refractivity contribution in [2.75, 3.05) is 19.8 Å². The highest BCUT2D eigenvalue weighted by molar-refractivity contribution is 7.17. The van der Waals surface area contributed by atoms with Crippen LogP contribution >= 0.6 is 11.3 Å². The smallest absolute Gasteiger partial charge is 0.148 e. The number of aromatic nitrogens is 2. The summed E-state index contributed by atoms with van der Waals surface area (Å²) in [5.74, 6) is 0.591. The van der Waals surface area contributed by atoms with Crippen LogP contribution in [0, 0.1) is 11.3 Å². The average molecular weight is 462 g/mol. The van der Waals surface area contributed by atoms with Crippen molar-refractivity contribution < 1.29 is 9.84 Å². The average Bonchev–Trinajstić information content (AvgIpc) is 3.43. The Morgan fingerprint density at radius 1 is 1.24 bits per heavy atom. The number of nitrogens with one attached hydrogen (secondary N) is 1. The second kappa shape index (κ2) is 9.20. The summed E-state index contributed by atoms with van der Waals surface area (Å²) in [5, 5.41) is 33.3. The molecule has 2 heterocycles. The number of fused-ring (bicyclic) bond motifs is 1. The van der Waals surface area contributed by atoms with Gasteiger partial charge < -0.3 is 9.84 Å². The molecular formula is C25H27N5O2S. The SMILES string of the molecule is CC(C)Oc1ccc(-c2nnc(-c3cccc4c3CCC4NCN3CC(O)C3)s2)cc1C#N. The third kappa shape index (κ3) is 4.50. The van der Waals surface area contributed by atoms with Gasteiger partial charge in [-0.05, 0) is 56.0 Å². The Kier molecular flexibility index (Phi) is 6.13. The molecule has 1 saturated heterocycles. The zero-order valence-corrected chi connectivity index (χ0v) is 19.6. The summed E-state index contributed by atoms with van der Waals surface area (Å²) in [5.41, 5.74) is 5.17. The van der Waals surface area contributed by atoms with Crippen LogP contribution in [0.1, 0.15) is 43.0 Å². The maximum Gasteiger partial charge on any atom is 0.148 e. The molecule has 33 heavy (non-hydrogen) atoms. The van der Waals surface area contributed by atoms with Crippen molar-refractivity contribution in [3.63, 3.8) is 0 Å². The summed E-state index contributed by atoms with van der Waals surface area (Å²) < 4.78 is 5.74. The van der Waals surface area contributed by atoms with Crippen LogP contribution in [-0.4, -0.2) is 52.2 Å². The summed E-state index contributed by atoms with van der Waals surface area (Å²) >= 11 is 1.55. The maximum atomic E-state index is 9.54. The Hall–Kier alpha value is -2.83. The van der Waals surface area contributed by atoms with Crippen molar-refractivity contribution in [2.24, 2.45) is 0 Å². The summed E-state index contributed by atoms with van der Waals surface area (Å²) in [7, 11) is 0. The van der Waals surface area contributed by atoms with Crippen molar-refractivity contribution in [3.8, 4) is 33.0 Å². The van der Waals surface area contributed by atoms with Gasteiger partial charge in [0, 0.05) is 36.9 Å². The molecule has 5 rings (SSSR count). The minimum atomic E-state index is -0.177. The van der Waals surface area contributed by atoms with Gasteiger partial charge in [0.2, 0.25) is 0 Å². The van der Waals surface area contributed by atoms with Crippen LogP contribution in [0.2, 0.25) is 0 Å². The first-order valence-electron chi connectivity index (χ1n) is 11.3. The molecule has 0 radical (unpaired) electrons. The van der Waals surface area contributed by atoms with Gasteiger partial charge in [-0.15, -0.1) is 10.2 Å². The molecule has 1 aliphatic carbocycles. The van der Waals surface area contributed by atoms with E-state index < -0.39 is 0 Å². The number of nitrogens with zero attached hydrogens (tertiary/aromatic N) is 4. The number of hydrogen-bond acceptors (Lipinski definition) is 8. The molecule has 1 fully saturated rings. The van der Waals surface area contributed by atoms with Crippen molar-refractivity contribution in [2.45, 2.75) is 44.9 Å². The molecular weight excluding hydrogens is 434 g/mol. The maximum absolute atomic E-state index is 9.54. The first kappa shape index (κ1) is 22.0. The first-order valence-corrected chi connectivity index (χ1v) is 12.1. The number of ether oxygens (including phenoxy) is 1.